The monoisotopic (exact) mass is 410 g/mol. The fraction of sp³-hybridized carbons (Fsp3) is 0.0870. The standard InChI is InChI=1S/C23H11ClN4O2/c24-13-7-5-12(6-8-13)16-9-19(29)30-23-15-4-2-1-3-14(15)21-22(20(16)23)28-18(11-26)17(10-25)27-21/h1-8,16H,9H2. The van der Waals surface area contributed by atoms with Crippen LogP contribution in [-0.2, 0) is 4.79 Å². The molecule has 7 heteroatoms. The van der Waals surface area contributed by atoms with Crippen molar-refractivity contribution in [2.75, 3.05) is 0 Å². The van der Waals surface area contributed by atoms with Gasteiger partial charge in [0.05, 0.1) is 17.5 Å². The van der Waals surface area contributed by atoms with E-state index in [-0.39, 0.29) is 29.7 Å². The summed E-state index contributed by atoms with van der Waals surface area (Å²) >= 11 is 6.04. The van der Waals surface area contributed by atoms with E-state index in [0.717, 1.165) is 5.56 Å². The first-order valence-corrected chi connectivity index (χ1v) is 9.51. The van der Waals surface area contributed by atoms with Crippen LogP contribution in [-0.4, -0.2) is 15.9 Å². The van der Waals surface area contributed by atoms with Gasteiger partial charge in [-0.25, -0.2) is 9.97 Å². The van der Waals surface area contributed by atoms with Crippen LogP contribution in [0.5, 0.6) is 5.75 Å². The highest BCUT2D eigenvalue weighted by Gasteiger charge is 2.33. The van der Waals surface area contributed by atoms with Gasteiger partial charge in [0.25, 0.3) is 0 Å². The minimum Gasteiger partial charge on any atom is -0.425 e. The van der Waals surface area contributed by atoms with Gasteiger partial charge in [0.15, 0.2) is 11.4 Å². The molecule has 1 aliphatic heterocycles. The number of hydrogen-bond acceptors (Lipinski definition) is 6. The zero-order chi connectivity index (χ0) is 20.8. The third kappa shape index (κ3) is 2.67. The maximum absolute atomic E-state index is 12.5. The molecule has 1 aliphatic rings. The molecule has 0 radical (unpaired) electrons. The Kier molecular flexibility index (Phi) is 4.10. The molecule has 1 unspecified atom stereocenters. The summed E-state index contributed by atoms with van der Waals surface area (Å²) in [6.07, 6.45) is 0.117. The van der Waals surface area contributed by atoms with E-state index >= 15 is 0 Å². The summed E-state index contributed by atoms with van der Waals surface area (Å²) in [5, 5.41) is 20.9. The van der Waals surface area contributed by atoms with E-state index in [4.69, 9.17) is 16.3 Å². The molecular weight excluding hydrogens is 400 g/mol. The number of benzene rings is 3. The Morgan fingerprint density at radius 2 is 1.57 bits per heavy atom. The summed E-state index contributed by atoms with van der Waals surface area (Å²) in [6, 6.07) is 18.5. The van der Waals surface area contributed by atoms with Crippen molar-refractivity contribution in [3.8, 4) is 17.9 Å². The minimum absolute atomic E-state index is 0.0362. The lowest BCUT2D eigenvalue weighted by atomic mass is 9.84. The van der Waals surface area contributed by atoms with Crippen LogP contribution in [0.15, 0.2) is 48.5 Å². The smallest absolute Gasteiger partial charge is 0.312 e. The summed E-state index contributed by atoms with van der Waals surface area (Å²) in [7, 11) is 0. The number of ether oxygens (including phenoxy) is 1. The zero-order valence-corrected chi connectivity index (χ0v) is 16.1. The highest BCUT2D eigenvalue weighted by molar-refractivity contribution is 6.30. The van der Waals surface area contributed by atoms with Crippen molar-refractivity contribution in [2.24, 2.45) is 0 Å². The van der Waals surface area contributed by atoms with E-state index in [1.54, 1.807) is 12.1 Å². The van der Waals surface area contributed by atoms with E-state index in [0.29, 0.717) is 38.1 Å². The number of nitriles is 2. The second kappa shape index (κ2) is 6.81. The van der Waals surface area contributed by atoms with E-state index < -0.39 is 0 Å². The SMILES string of the molecule is N#Cc1nc2c3c(c4ccccc4c2nc1C#N)OC(=O)CC3c1ccc(Cl)cc1. The fourth-order valence-electron chi connectivity index (χ4n) is 3.94. The van der Waals surface area contributed by atoms with Gasteiger partial charge >= 0.3 is 5.97 Å². The van der Waals surface area contributed by atoms with Crippen molar-refractivity contribution in [1.29, 1.82) is 10.5 Å². The first-order valence-electron chi connectivity index (χ1n) is 9.13. The molecule has 0 bridgehead atoms. The Morgan fingerprint density at radius 3 is 2.23 bits per heavy atom. The minimum atomic E-state index is -0.353. The van der Waals surface area contributed by atoms with Crippen LogP contribution in [0.3, 0.4) is 0 Å². The van der Waals surface area contributed by atoms with E-state index in [1.807, 2.05) is 48.5 Å². The van der Waals surface area contributed by atoms with Crippen LogP contribution in [0.4, 0.5) is 0 Å². The number of esters is 1. The van der Waals surface area contributed by atoms with Crippen molar-refractivity contribution in [3.63, 3.8) is 0 Å². The second-order valence-electron chi connectivity index (χ2n) is 6.91. The average molecular weight is 411 g/mol. The molecule has 0 saturated heterocycles. The predicted octanol–water partition coefficient (Wildman–Crippen LogP) is 4.62. The molecule has 0 saturated carbocycles. The fourth-order valence-corrected chi connectivity index (χ4v) is 4.07. The number of carbonyl (C=O) groups excluding carboxylic acids is 1. The summed E-state index contributed by atoms with van der Waals surface area (Å²) < 4.78 is 5.68. The normalized spacial score (nSPS) is 15.3. The van der Waals surface area contributed by atoms with Crippen molar-refractivity contribution in [3.05, 3.63) is 76.1 Å². The highest BCUT2D eigenvalue weighted by atomic mass is 35.5. The Bertz CT molecular complexity index is 1450. The topological polar surface area (TPSA) is 99.7 Å². The summed E-state index contributed by atoms with van der Waals surface area (Å²) in [5.41, 5.74) is 2.40. The van der Waals surface area contributed by atoms with Gasteiger partial charge in [-0.05, 0) is 17.7 Å². The van der Waals surface area contributed by atoms with E-state index in [2.05, 4.69) is 9.97 Å². The molecule has 0 amide bonds. The number of hydrogen-bond donors (Lipinski definition) is 0. The van der Waals surface area contributed by atoms with Crippen molar-refractivity contribution in [1.82, 2.24) is 9.97 Å². The molecular formula is C23H11ClN4O2. The van der Waals surface area contributed by atoms with Crippen LogP contribution in [0, 0.1) is 22.7 Å². The number of carbonyl (C=O) groups is 1. The molecule has 5 rings (SSSR count). The molecule has 0 aliphatic carbocycles. The van der Waals surface area contributed by atoms with Crippen molar-refractivity contribution < 1.29 is 9.53 Å². The Balaban J connectivity index is 1.95. The molecule has 0 N–H and O–H groups in total. The largest absolute Gasteiger partial charge is 0.425 e. The Morgan fingerprint density at radius 1 is 0.933 bits per heavy atom. The van der Waals surface area contributed by atoms with Gasteiger partial charge in [-0.2, -0.15) is 10.5 Å². The van der Waals surface area contributed by atoms with Crippen LogP contribution in [0.2, 0.25) is 5.02 Å². The maximum Gasteiger partial charge on any atom is 0.312 e. The molecule has 0 fully saturated rings. The quantitative estimate of drug-likeness (QED) is 0.258. The molecule has 1 aromatic heterocycles. The Labute approximate surface area is 175 Å². The van der Waals surface area contributed by atoms with Gasteiger partial charge in [0, 0.05) is 27.3 Å². The molecule has 0 spiro atoms. The Hall–Kier alpha value is -4.00. The summed E-state index contributed by atoms with van der Waals surface area (Å²) in [6.45, 7) is 0. The van der Waals surface area contributed by atoms with Gasteiger partial charge in [-0.3, -0.25) is 4.79 Å². The first kappa shape index (κ1) is 18.1. The molecule has 3 aromatic carbocycles. The molecule has 142 valence electrons. The van der Waals surface area contributed by atoms with E-state index in [1.165, 1.54) is 0 Å². The lowest BCUT2D eigenvalue weighted by molar-refractivity contribution is -0.135. The van der Waals surface area contributed by atoms with Gasteiger partial charge in [-0.1, -0.05) is 48.0 Å². The van der Waals surface area contributed by atoms with Gasteiger partial charge in [-0.15, -0.1) is 0 Å². The first-order chi connectivity index (χ1) is 14.6. The third-order valence-corrected chi connectivity index (χ3v) is 5.49. The van der Waals surface area contributed by atoms with Crippen molar-refractivity contribution >= 4 is 39.4 Å². The average Bonchev–Trinajstić information content (AvgIpc) is 2.78. The second-order valence-corrected chi connectivity index (χ2v) is 7.35. The number of nitrogens with zero attached hydrogens (tertiary/aromatic N) is 4. The van der Waals surface area contributed by atoms with E-state index in [9.17, 15) is 15.3 Å². The predicted molar refractivity (Wildman–Crippen MR) is 110 cm³/mol. The number of fused-ring (bicyclic) bond motifs is 6. The van der Waals surface area contributed by atoms with Crippen LogP contribution < -0.4 is 4.74 Å². The summed E-state index contributed by atoms with van der Waals surface area (Å²) in [4.78, 5) is 21.4. The molecule has 6 nitrogen and oxygen atoms in total. The zero-order valence-electron chi connectivity index (χ0n) is 15.4. The molecule has 2 heterocycles. The molecule has 1 atom stereocenters. The third-order valence-electron chi connectivity index (χ3n) is 5.24. The lowest BCUT2D eigenvalue weighted by Crippen LogP contribution is -2.22. The van der Waals surface area contributed by atoms with Crippen molar-refractivity contribution in [2.45, 2.75) is 12.3 Å². The van der Waals surface area contributed by atoms with Gasteiger partial charge in [0.2, 0.25) is 0 Å². The maximum atomic E-state index is 12.5. The number of halogens is 1. The van der Waals surface area contributed by atoms with Gasteiger partial charge < -0.3 is 4.74 Å². The molecule has 4 aromatic rings. The number of aromatic nitrogens is 2. The van der Waals surface area contributed by atoms with Crippen LogP contribution >= 0.6 is 11.6 Å². The van der Waals surface area contributed by atoms with Gasteiger partial charge in [0.1, 0.15) is 17.9 Å². The lowest BCUT2D eigenvalue weighted by Gasteiger charge is -2.27. The summed E-state index contributed by atoms with van der Waals surface area (Å²) in [5.74, 6) is -0.286. The van der Waals surface area contributed by atoms with Crippen LogP contribution in [0.25, 0.3) is 21.8 Å². The molecule has 30 heavy (non-hydrogen) atoms. The highest BCUT2D eigenvalue weighted by Crippen LogP contribution is 2.47. The number of rotatable bonds is 1. The van der Waals surface area contributed by atoms with Crippen LogP contribution in [0.1, 0.15) is 34.9 Å².